The molecule has 0 radical (unpaired) electrons. The van der Waals surface area contributed by atoms with E-state index >= 15 is 0 Å². The van der Waals surface area contributed by atoms with Crippen molar-refractivity contribution in [3.63, 3.8) is 0 Å². The SMILES string of the molecule is Cc1cc(Nc2ccccn2)ccc1-c1ccc(C(=O)N2c3cc4c(cc3CC2C)OCC42CCNCC2)cc1. The van der Waals surface area contributed by atoms with Gasteiger partial charge in [-0.3, -0.25) is 4.79 Å². The van der Waals surface area contributed by atoms with Crippen molar-refractivity contribution in [1.29, 1.82) is 0 Å². The lowest BCUT2D eigenvalue weighted by atomic mass is 9.74. The highest BCUT2D eigenvalue weighted by Crippen LogP contribution is 2.49. The van der Waals surface area contributed by atoms with Gasteiger partial charge in [0.2, 0.25) is 0 Å². The minimum Gasteiger partial charge on any atom is -0.492 e. The Labute approximate surface area is 235 Å². The summed E-state index contributed by atoms with van der Waals surface area (Å²) in [5.74, 6) is 1.89. The normalized spacial score (nSPS) is 18.8. The van der Waals surface area contributed by atoms with Crippen molar-refractivity contribution in [2.75, 3.05) is 29.9 Å². The number of hydrogen-bond donors (Lipinski definition) is 2. The van der Waals surface area contributed by atoms with Crippen molar-refractivity contribution >= 4 is 23.1 Å². The summed E-state index contributed by atoms with van der Waals surface area (Å²) in [4.78, 5) is 20.2. The fraction of sp³-hybridized carbons (Fsp3) is 0.294. The Hall–Kier alpha value is -4.16. The summed E-state index contributed by atoms with van der Waals surface area (Å²) in [5.41, 5.74) is 8.71. The van der Waals surface area contributed by atoms with Gasteiger partial charge in [-0.15, -0.1) is 0 Å². The number of pyridine rings is 1. The number of fused-ring (bicyclic) bond motifs is 3. The first-order chi connectivity index (χ1) is 19.5. The number of amides is 1. The van der Waals surface area contributed by atoms with Gasteiger partial charge in [0.05, 0.1) is 6.61 Å². The maximum Gasteiger partial charge on any atom is 0.258 e. The molecule has 6 heteroatoms. The summed E-state index contributed by atoms with van der Waals surface area (Å²) < 4.78 is 6.20. The molecule has 1 saturated heterocycles. The van der Waals surface area contributed by atoms with E-state index < -0.39 is 0 Å². The molecule has 40 heavy (non-hydrogen) atoms. The second kappa shape index (κ2) is 9.79. The van der Waals surface area contributed by atoms with Gasteiger partial charge in [-0.2, -0.15) is 0 Å². The van der Waals surface area contributed by atoms with Gasteiger partial charge in [0.1, 0.15) is 11.6 Å². The van der Waals surface area contributed by atoms with Gasteiger partial charge in [0, 0.05) is 40.2 Å². The quantitative estimate of drug-likeness (QED) is 0.319. The second-order valence-corrected chi connectivity index (χ2v) is 11.5. The average Bonchev–Trinajstić information content (AvgIpc) is 3.48. The van der Waals surface area contributed by atoms with Crippen molar-refractivity contribution in [2.45, 2.75) is 44.6 Å². The molecule has 2 N–H and O–H groups in total. The highest BCUT2D eigenvalue weighted by atomic mass is 16.5. The molecular weight excluding hydrogens is 496 g/mol. The van der Waals surface area contributed by atoms with Crippen LogP contribution >= 0.6 is 0 Å². The maximum atomic E-state index is 13.9. The number of ether oxygens (including phenoxy) is 1. The fourth-order valence-corrected chi connectivity index (χ4v) is 6.68. The Morgan fingerprint density at radius 3 is 2.62 bits per heavy atom. The van der Waals surface area contributed by atoms with Crippen LogP contribution in [-0.4, -0.2) is 36.6 Å². The van der Waals surface area contributed by atoms with Crippen LogP contribution in [-0.2, 0) is 11.8 Å². The highest BCUT2D eigenvalue weighted by Gasteiger charge is 2.44. The predicted octanol–water partition coefficient (Wildman–Crippen LogP) is 6.41. The third-order valence-corrected chi connectivity index (χ3v) is 8.86. The van der Waals surface area contributed by atoms with Crippen molar-refractivity contribution in [2.24, 2.45) is 0 Å². The number of aromatic nitrogens is 1. The third-order valence-electron chi connectivity index (χ3n) is 8.86. The van der Waals surface area contributed by atoms with Gasteiger partial charge in [0.25, 0.3) is 5.91 Å². The van der Waals surface area contributed by atoms with Crippen LogP contribution in [0.2, 0.25) is 0 Å². The first-order valence-corrected chi connectivity index (χ1v) is 14.2. The van der Waals surface area contributed by atoms with Gasteiger partial charge in [-0.25, -0.2) is 4.98 Å². The smallest absolute Gasteiger partial charge is 0.258 e. The molecule has 3 aromatic carbocycles. The number of rotatable bonds is 4. The molecule has 4 heterocycles. The van der Waals surface area contributed by atoms with Crippen LogP contribution in [0, 0.1) is 6.92 Å². The third kappa shape index (κ3) is 4.23. The van der Waals surface area contributed by atoms with E-state index in [9.17, 15) is 4.79 Å². The Balaban J connectivity index is 1.13. The van der Waals surface area contributed by atoms with E-state index in [-0.39, 0.29) is 17.4 Å². The molecule has 0 aliphatic carbocycles. The molecule has 3 aliphatic rings. The molecule has 3 aliphatic heterocycles. The summed E-state index contributed by atoms with van der Waals surface area (Å²) in [6.07, 6.45) is 4.77. The van der Waals surface area contributed by atoms with Gasteiger partial charge >= 0.3 is 0 Å². The molecule has 4 aromatic rings. The van der Waals surface area contributed by atoms with Crippen LogP contribution in [0.1, 0.15) is 46.8 Å². The number of nitrogens with one attached hydrogen (secondary N) is 2. The number of carbonyl (C=O) groups is 1. The number of nitrogens with zero attached hydrogens (tertiary/aromatic N) is 2. The summed E-state index contributed by atoms with van der Waals surface area (Å²) >= 11 is 0. The Morgan fingerprint density at radius 2 is 1.88 bits per heavy atom. The van der Waals surface area contributed by atoms with Gasteiger partial charge in [-0.05, 0) is 117 Å². The van der Waals surface area contributed by atoms with Crippen LogP contribution < -0.4 is 20.3 Å². The van der Waals surface area contributed by atoms with Crippen LogP contribution in [0.4, 0.5) is 17.2 Å². The lowest BCUT2D eigenvalue weighted by molar-refractivity contribution is 0.0981. The van der Waals surface area contributed by atoms with E-state index in [4.69, 9.17) is 4.74 Å². The zero-order valence-corrected chi connectivity index (χ0v) is 23.0. The van der Waals surface area contributed by atoms with Crippen molar-refractivity contribution < 1.29 is 9.53 Å². The summed E-state index contributed by atoms with van der Waals surface area (Å²) in [6.45, 7) is 7.01. The molecule has 1 aromatic heterocycles. The molecule has 202 valence electrons. The molecular formula is C34H34N4O2. The molecule has 1 atom stereocenters. The fourth-order valence-electron chi connectivity index (χ4n) is 6.68. The molecule has 0 bridgehead atoms. The second-order valence-electron chi connectivity index (χ2n) is 11.5. The van der Waals surface area contributed by atoms with E-state index in [0.717, 1.165) is 78.6 Å². The highest BCUT2D eigenvalue weighted by molar-refractivity contribution is 6.08. The molecule has 0 saturated carbocycles. The Bertz CT molecular complexity index is 1580. The summed E-state index contributed by atoms with van der Waals surface area (Å²) in [6, 6.07) is 24.8. The van der Waals surface area contributed by atoms with Crippen LogP contribution in [0.15, 0.2) is 79.0 Å². The zero-order chi connectivity index (χ0) is 27.3. The lowest BCUT2D eigenvalue weighted by Gasteiger charge is -2.33. The lowest BCUT2D eigenvalue weighted by Crippen LogP contribution is -2.41. The van der Waals surface area contributed by atoms with Crippen molar-refractivity contribution in [1.82, 2.24) is 10.3 Å². The maximum absolute atomic E-state index is 13.9. The van der Waals surface area contributed by atoms with Crippen molar-refractivity contribution in [3.05, 3.63) is 101 Å². The first kappa shape index (κ1) is 24.9. The Morgan fingerprint density at radius 1 is 1.05 bits per heavy atom. The van der Waals surface area contributed by atoms with Gasteiger partial charge in [-0.1, -0.05) is 24.3 Å². The summed E-state index contributed by atoms with van der Waals surface area (Å²) in [5, 5.41) is 6.83. The largest absolute Gasteiger partial charge is 0.492 e. The zero-order valence-electron chi connectivity index (χ0n) is 23.0. The van der Waals surface area contributed by atoms with Crippen molar-refractivity contribution in [3.8, 4) is 16.9 Å². The molecule has 1 spiro atoms. The predicted molar refractivity (Wildman–Crippen MR) is 160 cm³/mol. The number of aryl methyl sites for hydroxylation is 1. The minimum atomic E-state index is 0.0580. The molecule has 1 fully saturated rings. The van der Waals surface area contributed by atoms with E-state index in [0.29, 0.717) is 5.56 Å². The monoisotopic (exact) mass is 530 g/mol. The number of hydrogen-bond acceptors (Lipinski definition) is 5. The van der Waals surface area contributed by atoms with E-state index in [1.54, 1.807) is 6.20 Å². The summed E-state index contributed by atoms with van der Waals surface area (Å²) in [7, 11) is 0. The number of piperidine rings is 1. The number of anilines is 3. The number of carbonyl (C=O) groups excluding carboxylic acids is 1. The number of benzene rings is 3. The molecule has 1 unspecified atom stereocenters. The molecule has 7 rings (SSSR count). The van der Waals surface area contributed by atoms with Crippen LogP contribution in [0.5, 0.6) is 5.75 Å². The first-order valence-electron chi connectivity index (χ1n) is 14.2. The topological polar surface area (TPSA) is 66.5 Å². The van der Waals surface area contributed by atoms with Crippen LogP contribution in [0.3, 0.4) is 0 Å². The Kier molecular flexibility index (Phi) is 6.08. The minimum absolute atomic E-state index is 0.0580. The molecule has 6 nitrogen and oxygen atoms in total. The molecule has 1 amide bonds. The van der Waals surface area contributed by atoms with Crippen LogP contribution in [0.25, 0.3) is 11.1 Å². The van der Waals surface area contributed by atoms with Gasteiger partial charge < -0.3 is 20.3 Å². The average molecular weight is 531 g/mol. The van der Waals surface area contributed by atoms with E-state index in [1.165, 1.54) is 11.1 Å². The standard InChI is InChI=1S/C34H34N4O2/c1-22-17-27(37-32-5-3-4-14-36-32)10-11-28(22)24-6-8-25(9-7-24)33(39)38-23(2)18-26-19-31-29(20-30(26)38)34(21-40-31)12-15-35-16-13-34/h3-11,14,17,19-20,23,35H,12-13,15-16,18,21H2,1-2H3,(H,36,37). The van der Waals surface area contributed by atoms with E-state index in [1.807, 2.05) is 35.2 Å². The van der Waals surface area contributed by atoms with E-state index in [2.05, 4.69) is 71.9 Å². The van der Waals surface area contributed by atoms with Gasteiger partial charge in [0.15, 0.2) is 0 Å².